The average Bonchev–Trinajstić information content (AvgIpc) is 2.90. The van der Waals surface area contributed by atoms with Crippen LogP contribution in [-0.2, 0) is 17.5 Å². The summed E-state index contributed by atoms with van der Waals surface area (Å²) in [7, 11) is 0. The second-order valence-corrected chi connectivity index (χ2v) is 6.92. The molecule has 3 aromatic rings. The molecule has 12 heteroatoms. The molecule has 28 heavy (non-hydrogen) atoms. The molecule has 1 aromatic carbocycles. The number of hydrogen-bond donors (Lipinski definition) is 1. The summed E-state index contributed by atoms with van der Waals surface area (Å²) >= 11 is 6.63. The lowest BCUT2D eigenvalue weighted by Gasteiger charge is -2.10. The third-order valence-electron chi connectivity index (χ3n) is 3.63. The van der Waals surface area contributed by atoms with E-state index in [1.54, 1.807) is 0 Å². The van der Waals surface area contributed by atoms with Crippen LogP contribution in [0.4, 0.5) is 22.0 Å². The summed E-state index contributed by atoms with van der Waals surface area (Å²) in [5.74, 6) is -3.42. The van der Waals surface area contributed by atoms with Gasteiger partial charge in [-0.1, -0.05) is 11.6 Å². The number of halogens is 6. The van der Waals surface area contributed by atoms with E-state index in [-0.39, 0.29) is 39.2 Å². The van der Waals surface area contributed by atoms with E-state index in [1.807, 2.05) is 0 Å². The van der Waals surface area contributed by atoms with Gasteiger partial charge >= 0.3 is 12.1 Å². The van der Waals surface area contributed by atoms with Gasteiger partial charge in [0.15, 0.2) is 16.8 Å². The first-order chi connectivity index (χ1) is 13.1. The van der Waals surface area contributed by atoms with Gasteiger partial charge in [0.1, 0.15) is 5.03 Å². The van der Waals surface area contributed by atoms with E-state index in [1.165, 1.54) is 4.57 Å². The molecule has 1 N–H and O–H groups in total. The third kappa shape index (κ3) is 4.20. The number of alkyl halides is 3. The fraction of sp³-hybridized carbons (Fsp3) is 0.188. The van der Waals surface area contributed by atoms with Gasteiger partial charge in [-0.3, -0.25) is 4.79 Å². The van der Waals surface area contributed by atoms with Crippen LogP contribution in [0.2, 0.25) is 5.02 Å². The molecule has 5 nitrogen and oxygen atoms in total. The quantitative estimate of drug-likeness (QED) is 0.568. The maximum atomic E-state index is 13.6. The largest absolute Gasteiger partial charge is 0.481 e. The number of carboxylic acids is 1. The maximum Gasteiger partial charge on any atom is 0.417 e. The molecule has 0 unspecified atom stereocenters. The van der Waals surface area contributed by atoms with Crippen LogP contribution < -0.4 is 0 Å². The van der Waals surface area contributed by atoms with E-state index in [0.717, 1.165) is 23.9 Å². The lowest BCUT2D eigenvalue weighted by molar-refractivity contribution is -0.138. The van der Waals surface area contributed by atoms with Gasteiger partial charge in [0, 0.05) is 24.9 Å². The minimum atomic E-state index is -4.62. The second kappa shape index (κ2) is 7.55. The van der Waals surface area contributed by atoms with Crippen LogP contribution in [-0.4, -0.2) is 25.6 Å². The Kier molecular flexibility index (Phi) is 5.48. The molecule has 0 aliphatic rings. The second-order valence-electron chi connectivity index (χ2n) is 5.56. The fourth-order valence-corrected chi connectivity index (χ4v) is 3.50. The number of benzene rings is 1. The van der Waals surface area contributed by atoms with Crippen LogP contribution in [0.5, 0.6) is 0 Å². The summed E-state index contributed by atoms with van der Waals surface area (Å²) < 4.78 is 66.6. The molecule has 0 amide bonds. The first-order valence-electron chi connectivity index (χ1n) is 7.54. The number of aromatic nitrogens is 3. The summed E-state index contributed by atoms with van der Waals surface area (Å²) in [4.78, 5) is 18.7. The first-order valence-corrected chi connectivity index (χ1v) is 8.73. The Hall–Kier alpha value is -2.40. The van der Waals surface area contributed by atoms with Gasteiger partial charge in [0.25, 0.3) is 0 Å². The highest BCUT2D eigenvalue weighted by molar-refractivity contribution is 7.99. The highest BCUT2D eigenvalue weighted by atomic mass is 35.5. The third-order valence-corrected chi connectivity index (χ3v) is 5.04. The van der Waals surface area contributed by atoms with Gasteiger partial charge in [-0.15, -0.1) is 0 Å². The van der Waals surface area contributed by atoms with Crippen LogP contribution in [0.25, 0.3) is 11.0 Å². The molecular formula is C16H9ClF5N3O2S. The number of aryl methyl sites for hydroxylation is 1. The van der Waals surface area contributed by atoms with Crippen molar-refractivity contribution in [2.45, 2.75) is 29.3 Å². The Morgan fingerprint density at radius 2 is 1.89 bits per heavy atom. The number of hydrogen-bond acceptors (Lipinski definition) is 4. The molecule has 2 heterocycles. The number of imidazole rings is 1. The smallest absolute Gasteiger partial charge is 0.417 e. The van der Waals surface area contributed by atoms with Crippen molar-refractivity contribution >= 4 is 40.4 Å². The molecule has 3 rings (SSSR count). The standard InChI is InChI=1S/C16H9ClF5N3O2S/c17-8-3-7(16(20,21)22)6-23-14(8)28-15-24-11-4-9(18)10(19)5-12(11)25(15)2-1-13(26)27/h3-6H,1-2H2,(H,26,27). The summed E-state index contributed by atoms with van der Waals surface area (Å²) in [6.45, 7) is -0.127. The zero-order valence-electron chi connectivity index (χ0n) is 13.6. The molecular weight excluding hydrogens is 429 g/mol. The molecule has 0 fully saturated rings. The molecule has 0 saturated carbocycles. The highest BCUT2D eigenvalue weighted by Crippen LogP contribution is 2.37. The normalized spacial score (nSPS) is 11.9. The summed E-state index contributed by atoms with van der Waals surface area (Å²) in [6, 6.07) is 2.40. The average molecular weight is 438 g/mol. The molecule has 148 valence electrons. The predicted octanol–water partition coefficient (Wildman–Crippen LogP) is 5.01. The molecule has 0 atom stereocenters. The van der Waals surface area contributed by atoms with E-state index in [0.29, 0.717) is 12.3 Å². The Labute approximate surface area is 163 Å². The Morgan fingerprint density at radius 1 is 1.21 bits per heavy atom. The van der Waals surface area contributed by atoms with Gasteiger partial charge in [0.05, 0.1) is 28.0 Å². The molecule has 0 bridgehead atoms. The maximum absolute atomic E-state index is 13.6. The van der Waals surface area contributed by atoms with Gasteiger partial charge in [-0.2, -0.15) is 13.2 Å². The molecule has 0 radical (unpaired) electrons. The van der Waals surface area contributed by atoms with Crippen LogP contribution in [0.15, 0.2) is 34.6 Å². The molecule has 0 aliphatic heterocycles. The van der Waals surface area contributed by atoms with Crippen LogP contribution in [0, 0.1) is 11.6 Å². The van der Waals surface area contributed by atoms with Crippen molar-refractivity contribution in [2.24, 2.45) is 0 Å². The predicted molar refractivity (Wildman–Crippen MR) is 90.3 cm³/mol. The Bertz CT molecular complexity index is 1070. The lowest BCUT2D eigenvalue weighted by Crippen LogP contribution is -2.07. The van der Waals surface area contributed by atoms with Crippen molar-refractivity contribution in [3.63, 3.8) is 0 Å². The Balaban J connectivity index is 2.04. The van der Waals surface area contributed by atoms with Crippen LogP contribution >= 0.6 is 23.4 Å². The zero-order chi connectivity index (χ0) is 20.6. The monoisotopic (exact) mass is 437 g/mol. The van der Waals surface area contributed by atoms with E-state index in [9.17, 15) is 26.7 Å². The van der Waals surface area contributed by atoms with Crippen molar-refractivity contribution in [2.75, 3.05) is 0 Å². The van der Waals surface area contributed by atoms with Crippen molar-refractivity contribution in [1.82, 2.24) is 14.5 Å². The topological polar surface area (TPSA) is 68.0 Å². The number of carbonyl (C=O) groups is 1. The van der Waals surface area contributed by atoms with E-state index in [2.05, 4.69) is 9.97 Å². The number of fused-ring (bicyclic) bond motifs is 1. The van der Waals surface area contributed by atoms with Crippen LogP contribution in [0.3, 0.4) is 0 Å². The molecule has 0 spiro atoms. The molecule has 0 aliphatic carbocycles. The van der Waals surface area contributed by atoms with Crippen molar-refractivity contribution in [1.29, 1.82) is 0 Å². The number of aliphatic carboxylic acids is 1. The number of carboxylic acid groups (broad SMARTS) is 1. The molecule has 0 saturated heterocycles. The fourth-order valence-electron chi connectivity index (χ4n) is 2.34. The van der Waals surface area contributed by atoms with Gasteiger partial charge in [-0.05, 0) is 17.8 Å². The van der Waals surface area contributed by atoms with E-state index < -0.39 is 29.3 Å². The summed E-state index contributed by atoms with van der Waals surface area (Å²) in [5.41, 5.74) is -0.856. The minimum absolute atomic E-state index is 0.0255. The lowest BCUT2D eigenvalue weighted by atomic mass is 10.3. The van der Waals surface area contributed by atoms with Gasteiger partial charge < -0.3 is 9.67 Å². The number of pyridine rings is 1. The van der Waals surface area contributed by atoms with Gasteiger partial charge in [-0.25, -0.2) is 18.7 Å². The van der Waals surface area contributed by atoms with Crippen molar-refractivity contribution in [3.8, 4) is 0 Å². The Morgan fingerprint density at radius 3 is 2.50 bits per heavy atom. The minimum Gasteiger partial charge on any atom is -0.481 e. The first kappa shape index (κ1) is 20.3. The van der Waals surface area contributed by atoms with E-state index >= 15 is 0 Å². The van der Waals surface area contributed by atoms with Crippen molar-refractivity contribution in [3.05, 3.63) is 46.6 Å². The number of rotatable bonds is 5. The van der Waals surface area contributed by atoms with Crippen LogP contribution in [0.1, 0.15) is 12.0 Å². The van der Waals surface area contributed by atoms with Gasteiger partial charge in [0.2, 0.25) is 0 Å². The summed E-state index contributed by atoms with van der Waals surface area (Å²) in [5, 5.41) is 8.66. The SMILES string of the molecule is O=C(O)CCn1c(Sc2ncc(C(F)(F)F)cc2Cl)nc2cc(F)c(F)cc21. The molecule has 2 aromatic heterocycles. The zero-order valence-corrected chi connectivity index (χ0v) is 15.2. The van der Waals surface area contributed by atoms with Crippen molar-refractivity contribution < 1.29 is 31.9 Å². The van der Waals surface area contributed by atoms with E-state index in [4.69, 9.17) is 16.7 Å². The number of nitrogens with zero attached hydrogens (tertiary/aromatic N) is 3. The summed E-state index contributed by atoms with van der Waals surface area (Å²) in [6.07, 6.45) is -4.37. The highest BCUT2D eigenvalue weighted by Gasteiger charge is 2.32.